The van der Waals surface area contributed by atoms with Crippen molar-refractivity contribution in [2.75, 3.05) is 13.1 Å². The normalized spacial score (nSPS) is 15.8. The molecule has 0 atom stereocenters. The SMILES string of the molecule is Cc1cn(-c2ccccc2)c(=NC(=O)N2CCCC2)s1. The molecule has 2 heterocycles. The van der Waals surface area contributed by atoms with Gasteiger partial charge in [-0.2, -0.15) is 4.99 Å². The highest BCUT2D eigenvalue weighted by molar-refractivity contribution is 7.09. The third kappa shape index (κ3) is 2.67. The molecule has 20 heavy (non-hydrogen) atoms. The molecule has 0 N–H and O–H groups in total. The number of aryl methyl sites for hydroxylation is 1. The van der Waals surface area contributed by atoms with Crippen molar-refractivity contribution in [3.63, 3.8) is 0 Å². The number of hydrogen-bond acceptors (Lipinski definition) is 2. The maximum atomic E-state index is 12.2. The average molecular weight is 287 g/mol. The molecule has 0 bridgehead atoms. The summed E-state index contributed by atoms with van der Waals surface area (Å²) in [6.07, 6.45) is 4.20. The smallest absolute Gasteiger partial charge is 0.323 e. The Hall–Kier alpha value is -1.88. The number of hydrogen-bond donors (Lipinski definition) is 0. The molecule has 1 aromatic carbocycles. The van der Waals surface area contributed by atoms with Gasteiger partial charge in [0.15, 0.2) is 4.80 Å². The van der Waals surface area contributed by atoms with Gasteiger partial charge in [-0.15, -0.1) is 11.3 Å². The predicted molar refractivity (Wildman–Crippen MR) is 80.1 cm³/mol. The number of amides is 2. The van der Waals surface area contributed by atoms with Crippen molar-refractivity contribution in [3.05, 3.63) is 46.2 Å². The largest absolute Gasteiger partial charge is 0.346 e. The van der Waals surface area contributed by atoms with Crippen LogP contribution in [0.4, 0.5) is 4.79 Å². The lowest BCUT2D eigenvalue weighted by Gasteiger charge is -2.10. The minimum absolute atomic E-state index is 0.117. The highest BCUT2D eigenvalue weighted by Gasteiger charge is 2.17. The molecule has 1 saturated heterocycles. The van der Waals surface area contributed by atoms with Gasteiger partial charge < -0.3 is 4.90 Å². The van der Waals surface area contributed by atoms with Crippen molar-refractivity contribution in [1.29, 1.82) is 0 Å². The van der Waals surface area contributed by atoms with Crippen LogP contribution < -0.4 is 4.80 Å². The van der Waals surface area contributed by atoms with Gasteiger partial charge in [0.05, 0.1) is 0 Å². The Morgan fingerprint density at radius 2 is 1.90 bits per heavy atom. The lowest BCUT2D eigenvalue weighted by Crippen LogP contribution is -2.27. The minimum Gasteiger partial charge on any atom is -0.323 e. The summed E-state index contributed by atoms with van der Waals surface area (Å²) in [5.74, 6) is 0. The van der Waals surface area contributed by atoms with Crippen LogP contribution in [0.25, 0.3) is 5.69 Å². The van der Waals surface area contributed by atoms with E-state index in [-0.39, 0.29) is 6.03 Å². The van der Waals surface area contributed by atoms with E-state index >= 15 is 0 Å². The third-order valence-electron chi connectivity index (χ3n) is 3.37. The van der Waals surface area contributed by atoms with Crippen LogP contribution in [0.1, 0.15) is 17.7 Å². The lowest BCUT2D eigenvalue weighted by molar-refractivity contribution is 0.218. The molecule has 1 aliphatic heterocycles. The number of carbonyl (C=O) groups excluding carboxylic acids is 1. The molecule has 1 fully saturated rings. The highest BCUT2D eigenvalue weighted by Crippen LogP contribution is 2.11. The summed E-state index contributed by atoms with van der Waals surface area (Å²) < 4.78 is 1.98. The second-order valence-electron chi connectivity index (χ2n) is 4.92. The van der Waals surface area contributed by atoms with Crippen LogP contribution in [0.2, 0.25) is 0 Å². The molecule has 0 spiro atoms. The molecule has 0 unspecified atom stereocenters. The summed E-state index contributed by atoms with van der Waals surface area (Å²) in [4.78, 5) is 20.2. The van der Waals surface area contributed by atoms with Gasteiger partial charge in [0, 0.05) is 29.9 Å². The van der Waals surface area contributed by atoms with Gasteiger partial charge in [-0.1, -0.05) is 18.2 Å². The van der Waals surface area contributed by atoms with Crippen molar-refractivity contribution in [2.45, 2.75) is 19.8 Å². The zero-order valence-corrected chi connectivity index (χ0v) is 12.3. The van der Waals surface area contributed by atoms with Gasteiger partial charge in [0.25, 0.3) is 0 Å². The molecule has 0 aliphatic carbocycles. The first-order chi connectivity index (χ1) is 9.74. The maximum Gasteiger partial charge on any atom is 0.346 e. The molecular formula is C15H17N3OS. The number of urea groups is 1. The number of nitrogens with zero attached hydrogens (tertiary/aromatic N) is 3. The van der Waals surface area contributed by atoms with E-state index < -0.39 is 0 Å². The van der Waals surface area contributed by atoms with Gasteiger partial charge in [-0.3, -0.25) is 4.57 Å². The van der Waals surface area contributed by atoms with Crippen molar-refractivity contribution < 1.29 is 4.79 Å². The Bertz CT molecular complexity index is 666. The van der Waals surface area contributed by atoms with Crippen molar-refractivity contribution in [3.8, 4) is 5.69 Å². The van der Waals surface area contributed by atoms with Gasteiger partial charge in [-0.05, 0) is 31.9 Å². The monoisotopic (exact) mass is 287 g/mol. The fraction of sp³-hybridized carbons (Fsp3) is 0.333. The molecule has 2 aromatic rings. The number of likely N-dealkylation sites (tertiary alicyclic amines) is 1. The summed E-state index contributed by atoms with van der Waals surface area (Å²) in [5, 5.41) is 0. The fourth-order valence-corrected chi connectivity index (χ4v) is 3.19. The van der Waals surface area contributed by atoms with E-state index in [0.29, 0.717) is 0 Å². The van der Waals surface area contributed by atoms with Crippen LogP contribution in [0.3, 0.4) is 0 Å². The molecule has 1 aromatic heterocycles. The number of thiazole rings is 1. The van der Waals surface area contributed by atoms with E-state index in [9.17, 15) is 4.79 Å². The molecule has 2 amide bonds. The highest BCUT2D eigenvalue weighted by atomic mass is 32.1. The zero-order chi connectivity index (χ0) is 13.9. The van der Waals surface area contributed by atoms with E-state index in [2.05, 4.69) is 4.99 Å². The molecule has 104 valence electrons. The van der Waals surface area contributed by atoms with Crippen LogP contribution in [0.5, 0.6) is 0 Å². The topological polar surface area (TPSA) is 37.6 Å². The molecule has 1 aliphatic rings. The van der Waals surface area contributed by atoms with E-state index in [1.54, 1.807) is 11.3 Å². The van der Waals surface area contributed by atoms with Crippen molar-refractivity contribution in [2.24, 2.45) is 4.99 Å². The molecule has 0 saturated carbocycles. The number of para-hydroxylation sites is 1. The molecule has 5 heteroatoms. The predicted octanol–water partition coefficient (Wildman–Crippen LogP) is 2.96. The summed E-state index contributed by atoms with van der Waals surface area (Å²) in [7, 11) is 0. The van der Waals surface area contributed by atoms with E-state index in [1.165, 1.54) is 0 Å². The number of aromatic nitrogens is 1. The van der Waals surface area contributed by atoms with Crippen LogP contribution in [-0.2, 0) is 0 Å². The summed E-state index contributed by atoms with van der Waals surface area (Å²) in [6.45, 7) is 3.69. The Kier molecular flexibility index (Phi) is 3.69. The van der Waals surface area contributed by atoms with Crippen LogP contribution in [0.15, 0.2) is 41.5 Å². The number of carbonyl (C=O) groups is 1. The Morgan fingerprint density at radius 3 is 2.60 bits per heavy atom. The van der Waals surface area contributed by atoms with Gasteiger partial charge >= 0.3 is 6.03 Å². The lowest BCUT2D eigenvalue weighted by atomic mass is 10.3. The first kappa shape index (κ1) is 13.1. The van der Waals surface area contributed by atoms with E-state index in [4.69, 9.17) is 0 Å². The Labute approximate surface area is 122 Å². The van der Waals surface area contributed by atoms with Crippen LogP contribution in [0, 0.1) is 6.92 Å². The molecule has 0 radical (unpaired) electrons. The van der Waals surface area contributed by atoms with Crippen molar-refractivity contribution >= 4 is 17.4 Å². The van der Waals surface area contributed by atoms with Crippen LogP contribution >= 0.6 is 11.3 Å². The van der Waals surface area contributed by atoms with Crippen LogP contribution in [-0.4, -0.2) is 28.6 Å². The van der Waals surface area contributed by atoms with Gasteiger partial charge in [-0.25, -0.2) is 4.79 Å². The minimum atomic E-state index is -0.117. The van der Waals surface area contributed by atoms with E-state index in [0.717, 1.165) is 41.3 Å². The van der Waals surface area contributed by atoms with E-state index in [1.807, 2.05) is 52.9 Å². The number of benzene rings is 1. The Balaban J connectivity index is 1.99. The summed E-state index contributed by atoms with van der Waals surface area (Å²) in [5.41, 5.74) is 1.03. The molecule has 3 rings (SSSR count). The second kappa shape index (κ2) is 5.63. The average Bonchev–Trinajstić information content (AvgIpc) is 3.09. The quantitative estimate of drug-likeness (QED) is 0.794. The fourth-order valence-electron chi connectivity index (χ4n) is 2.37. The van der Waals surface area contributed by atoms with Gasteiger partial charge in [0.1, 0.15) is 0 Å². The Morgan fingerprint density at radius 1 is 1.20 bits per heavy atom. The molecular weight excluding hydrogens is 270 g/mol. The first-order valence-electron chi connectivity index (χ1n) is 6.82. The zero-order valence-electron chi connectivity index (χ0n) is 11.5. The first-order valence-corrected chi connectivity index (χ1v) is 7.64. The number of rotatable bonds is 1. The molecule has 4 nitrogen and oxygen atoms in total. The van der Waals surface area contributed by atoms with Gasteiger partial charge in [0.2, 0.25) is 0 Å². The summed E-state index contributed by atoms with van der Waals surface area (Å²) >= 11 is 1.55. The van der Waals surface area contributed by atoms with Crippen molar-refractivity contribution in [1.82, 2.24) is 9.47 Å². The standard InChI is InChI=1S/C15H17N3OS/c1-12-11-18(13-7-3-2-4-8-13)15(20-12)16-14(19)17-9-5-6-10-17/h2-4,7-8,11H,5-6,9-10H2,1H3. The maximum absolute atomic E-state index is 12.2. The second-order valence-corrected chi connectivity index (χ2v) is 6.13. The summed E-state index contributed by atoms with van der Waals surface area (Å²) in [6, 6.07) is 9.88. The third-order valence-corrected chi connectivity index (χ3v) is 4.27.